The summed E-state index contributed by atoms with van der Waals surface area (Å²) in [7, 11) is 0. The Kier molecular flexibility index (Phi) is 11.5. The topological polar surface area (TPSA) is 199 Å². The Labute approximate surface area is 198 Å². The molecule has 34 heavy (non-hydrogen) atoms. The van der Waals surface area contributed by atoms with Gasteiger partial charge in [-0.25, -0.2) is 0 Å². The Balaban J connectivity index is 2.06. The van der Waals surface area contributed by atoms with Crippen LogP contribution in [0.25, 0.3) is 0 Å². The molecule has 2 rings (SSSR count). The fraction of sp³-hybridized carbons (Fsp3) is 0.818. The van der Waals surface area contributed by atoms with Crippen molar-refractivity contribution in [2.24, 2.45) is 0 Å². The van der Waals surface area contributed by atoms with E-state index in [9.17, 15) is 40.9 Å². The smallest absolute Gasteiger partial charge is 0.187 e. The third kappa shape index (κ3) is 7.26. The zero-order chi connectivity index (χ0) is 25.6. The molecule has 0 bridgehead atoms. The lowest BCUT2D eigenvalue weighted by Crippen LogP contribution is -2.64. The van der Waals surface area contributed by atoms with Gasteiger partial charge in [-0.3, -0.25) is 0 Å². The molecule has 2 heterocycles. The van der Waals surface area contributed by atoms with E-state index in [2.05, 4.69) is 0 Å². The van der Waals surface area contributed by atoms with Gasteiger partial charge in [-0.15, -0.1) is 0 Å². The molecular formula is C22H38O12. The second-order valence-corrected chi connectivity index (χ2v) is 8.82. The molecule has 0 aromatic rings. The molecule has 2 fully saturated rings. The summed E-state index contributed by atoms with van der Waals surface area (Å²) in [6.07, 6.45) is -11.9. The molecular weight excluding hydrogens is 456 g/mol. The van der Waals surface area contributed by atoms with Crippen molar-refractivity contribution < 1.29 is 59.8 Å². The van der Waals surface area contributed by atoms with Crippen molar-refractivity contribution in [3.63, 3.8) is 0 Å². The minimum absolute atomic E-state index is 0.0690. The standard InChI is InChI=1S/C22H38O12/c1-10(2)4-5-12(25)11(3)6-7-31-21-19(30)20(16(27)14(9-24)32-21)34-22-18(29)17(28)15(26)13(8-23)33-22/h4,6,12-30H,5,7-9H2,1-3H3/b11-6+/t12-,13+,14-,15+,16-,17-,18+,19-,20+,21-,22-/m0/s1. The third-order valence-corrected chi connectivity index (χ3v) is 5.90. The summed E-state index contributed by atoms with van der Waals surface area (Å²) < 4.78 is 21.7. The van der Waals surface area contributed by atoms with Gasteiger partial charge in [-0.2, -0.15) is 0 Å². The van der Waals surface area contributed by atoms with E-state index in [0.29, 0.717) is 12.0 Å². The quantitative estimate of drug-likeness (QED) is 0.146. The molecule has 0 aromatic heterocycles. The highest BCUT2D eigenvalue weighted by Crippen LogP contribution is 2.29. The van der Waals surface area contributed by atoms with Crippen LogP contribution in [0.2, 0.25) is 0 Å². The van der Waals surface area contributed by atoms with Gasteiger partial charge in [0.2, 0.25) is 0 Å². The Morgan fingerprint density at radius 2 is 1.38 bits per heavy atom. The molecule has 2 aliphatic rings. The van der Waals surface area contributed by atoms with Crippen molar-refractivity contribution in [3.8, 4) is 0 Å². The van der Waals surface area contributed by atoms with Gasteiger partial charge in [0, 0.05) is 0 Å². The molecule has 2 saturated heterocycles. The fourth-order valence-electron chi connectivity index (χ4n) is 3.63. The van der Waals surface area contributed by atoms with E-state index in [4.69, 9.17) is 18.9 Å². The first-order valence-corrected chi connectivity index (χ1v) is 11.2. The lowest BCUT2D eigenvalue weighted by Gasteiger charge is -2.45. The van der Waals surface area contributed by atoms with Crippen LogP contribution in [0.1, 0.15) is 27.2 Å². The molecule has 12 heteroatoms. The van der Waals surface area contributed by atoms with E-state index in [1.807, 2.05) is 19.9 Å². The van der Waals surface area contributed by atoms with Crippen LogP contribution in [0.4, 0.5) is 0 Å². The molecule has 8 N–H and O–H groups in total. The first-order valence-electron chi connectivity index (χ1n) is 11.2. The van der Waals surface area contributed by atoms with Crippen LogP contribution in [-0.4, -0.2) is 128 Å². The van der Waals surface area contributed by atoms with E-state index in [1.165, 1.54) is 0 Å². The lowest BCUT2D eigenvalue weighted by molar-refractivity contribution is -0.359. The molecule has 12 nitrogen and oxygen atoms in total. The molecule has 0 unspecified atom stereocenters. The summed E-state index contributed by atoms with van der Waals surface area (Å²) >= 11 is 0. The monoisotopic (exact) mass is 494 g/mol. The van der Waals surface area contributed by atoms with Crippen molar-refractivity contribution >= 4 is 0 Å². The Bertz CT molecular complexity index is 679. The largest absolute Gasteiger partial charge is 0.394 e. The molecule has 0 radical (unpaired) electrons. The van der Waals surface area contributed by atoms with Crippen molar-refractivity contribution in [1.29, 1.82) is 0 Å². The van der Waals surface area contributed by atoms with E-state index in [1.54, 1.807) is 13.0 Å². The summed E-state index contributed by atoms with van der Waals surface area (Å²) in [6, 6.07) is 0. The number of aliphatic hydroxyl groups excluding tert-OH is 8. The van der Waals surface area contributed by atoms with Crippen molar-refractivity contribution in [1.82, 2.24) is 0 Å². The Hall–Kier alpha value is -1.00. The van der Waals surface area contributed by atoms with Crippen molar-refractivity contribution in [2.75, 3.05) is 19.8 Å². The first kappa shape index (κ1) is 29.2. The van der Waals surface area contributed by atoms with E-state index >= 15 is 0 Å². The highest BCUT2D eigenvalue weighted by molar-refractivity contribution is 5.08. The summed E-state index contributed by atoms with van der Waals surface area (Å²) in [4.78, 5) is 0. The van der Waals surface area contributed by atoms with Crippen LogP contribution in [-0.2, 0) is 18.9 Å². The maximum absolute atomic E-state index is 10.7. The predicted octanol–water partition coefficient (Wildman–Crippen LogP) is -2.71. The minimum atomic E-state index is -1.75. The number of aliphatic hydroxyl groups is 8. The van der Waals surface area contributed by atoms with Gasteiger partial charge in [0.25, 0.3) is 0 Å². The van der Waals surface area contributed by atoms with Crippen LogP contribution in [0, 0.1) is 0 Å². The number of hydrogen-bond acceptors (Lipinski definition) is 12. The summed E-state index contributed by atoms with van der Waals surface area (Å²) in [6.45, 7) is 4.17. The third-order valence-electron chi connectivity index (χ3n) is 5.90. The van der Waals surface area contributed by atoms with Gasteiger partial charge in [0.1, 0.15) is 48.8 Å². The zero-order valence-corrected chi connectivity index (χ0v) is 19.5. The summed E-state index contributed by atoms with van der Waals surface area (Å²) in [5.41, 5.74) is 1.71. The number of rotatable bonds is 10. The van der Waals surface area contributed by atoms with Crippen LogP contribution in [0.15, 0.2) is 23.3 Å². The molecule has 0 saturated carbocycles. The second-order valence-electron chi connectivity index (χ2n) is 8.82. The summed E-state index contributed by atoms with van der Waals surface area (Å²) in [5.74, 6) is 0. The average molecular weight is 495 g/mol. The van der Waals surface area contributed by atoms with Gasteiger partial charge in [0.15, 0.2) is 12.6 Å². The Morgan fingerprint density at radius 1 is 0.794 bits per heavy atom. The normalized spacial score (nSPS) is 40.1. The highest BCUT2D eigenvalue weighted by Gasteiger charge is 2.50. The average Bonchev–Trinajstić information content (AvgIpc) is 2.81. The van der Waals surface area contributed by atoms with Gasteiger partial charge in [0.05, 0.1) is 25.9 Å². The lowest BCUT2D eigenvalue weighted by atomic mass is 9.97. The summed E-state index contributed by atoms with van der Waals surface area (Å²) in [5, 5.41) is 80.3. The van der Waals surface area contributed by atoms with Gasteiger partial charge in [-0.1, -0.05) is 17.7 Å². The predicted molar refractivity (Wildman–Crippen MR) is 116 cm³/mol. The van der Waals surface area contributed by atoms with E-state index in [0.717, 1.165) is 5.57 Å². The van der Waals surface area contributed by atoms with Crippen LogP contribution in [0.5, 0.6) is 0 Å². The van der Waals surface area contributed by atoms with Gasteiger partial charge < -0.3 is 59.8 Å². The SMILES string of the molecule is CC(C)=CC[C@H](O)/C(C)=C/CO[C@H]1O[C@@H](CO)[C@H](O)[C@@H](O[C@@H]2O[C@H](CO)[C@@H](O)[C@H](O)[C@H]2O)[C@@H]1O. The molecule has 0 amide bonds. The van der Waals surface area contributed by atoms with E-state index < -0.39 is 80.7 Å². The van der Waals surface area contributed by atoms with Crippen molar-refractivity contribution in [3.05, 3.63) is 23.3 Å². The van der Waals surface area contributed by atoms with Gasteiger partial charge >= 0.3 is 0 Å². The molecule has 2 aliphatic heterocycles. The van der Waals surface area contributed by atoms with E-state index in [-0.39, 0.29) is 6.61 Å². The zero-order valence-electron chi connectivity index (χ0n) is 19.5. The maximum Gasteiger partial charge on any atom is 0.187 e. The van der Waals surface area contributed by atoms with Crippen LogP contribution >= 0.6 is 0 Å². The molecule has 0 spiro atoms. The number of hydrogen-bond donors (Lipinski definition) is 8. The molecule has 11 atom stereocenters. The highest BCUT2D eigenvalue weighted by atomic mass is 16.7. The fourth-order valence-corrected chi connectivity index (χ4v) is 3.63. The molecule has 0 aromatic carbocycles. The maximum atomic E-state index is 10.7. The first-order chi connectivity index (χ1) is 16.0. The number of allylic oxidation sites excluding steroid dienone is 1. The molecule has 198 valence electrons. The Morgan fingerprint density at radius 3 is 1.97 bits per heavy atom. The molecule has 0 aliphatic carbocycles. The number of ether oxygens (including phenoxy) is 4. The van der Waals surface area contributed by atoms with Crippen molar-refractivity contribution in [2.45, 2.75) is 94.7 Å². The van der Waals surface area contributed by atoms with Crippen LogP contribution in [0.3, 0.4) is 0 Å². The second kappa shape index (κ2) is 13.3. The minimum Gasteiger partial charge on any atom is -0.394 e. The van der Waals surface area contributed by atoms with Crippen LogP contribution < -0.4 is 0 Å². The van der Waals surface area contributed by atoms with Gasteiger partial charge in [-0.05, 0) is 32.8 Å².